The Labute approximate surface area is 123 Å². The zero-order valence-corrected chi connectivity index (χ0v) is 12.5. The predicted molar refractivity (Wildman–Crippen MR) is 77.0 cm³/mol. The first kappa shape index (κ1) is 15.0. The summed E-state index contributed by atoms with van der Waals surface area (Å²) >= 11 is 1.09. The van der Waals surface area contributed by atoms with Gasteiger partial charge in [-0.25, -0.2) is 9.97 Å². The highest BCUT2D eigenvalue weighted by molar-refractivity contribution is 7.99. The molecule has 0 aliphatic carbocycles. The van der Waals surface area contributed by atoms with Crippen LogP contribution in [0.15, 0.2) is 26.1 Å². The monoisotopic (exact) mass is 310 g/mol. The Morgan fingerprint density at radius 3 is 2.86 bits per heavy atom. The highest BCUT2D eigenvalue weighted by Crippen LogP contribution is 2.34. The molecule has 2 aromatic heterocycles. The van der Waals surface area contributed by atoms with Crippen LogP contribution in [-0.4, -0.2) is 38.4 Å². The van der Waals surface area contributed by atoms with E-state index in [2.05, 4.69) is 25.4 Å². The molecule has 2 N–H and O–H groups in total. The van der Waals surface area contributed by atoms with Gasteiger partial charge < -0.3 is 10.1 Å². The Hall–Kier alpha value is -2.36. The number of nitrogens with one attached hydrogen (secondary N) is 2. The quantitative estimate of drug-likeness (QED) is 0.579. The Morgan fingerprint density at radius 1 is 1.43 bits per heavy atom. The fourth-order valence-corrected chi connectivity index (χ4v) is 2.40. The van der Waals surface area contributed by atoms with Crippen LogP contribution in [0.3, 0.4) is 0 Å². The van der Waals surface area contributed by atoms with Crippen LogP contribution in [0.4, 0.5) is 5.82 Å². The summed E-state index contributed by atoms with van der Waals surface area (Å²) in [4.78, 5) is 34.5. The van der Waals surface area contributed by atoms with Crippen molar-refractivity contribution in [1.29, 1.82) is 0 Å². The van der Waals surface area contributed by atoms with Crippen molar-refractivity contribution < 1.29 is 4.74 Å². The largest absolute Gasteiger partial charge is 0.490 e. The highest BCUT2D eigenvalue weighted by atomic mass is 32.2. The number of nitrogens with zero attached hydrogens (tertiary/aromatic N) is 4. The minimum Gasteiger partial charge on any atom is -0.490 e. The molecule has 0 fully saturated rings. The molecule has 0 amide bonds. The Morgan fingerprint density at radius 2 is 2.19 bits per heavy atom. The number of aromatic nitrogens is 5. The van der Waals surface area contributed by atoms with Gasteiger partial charge in [0.1, 0.15) is 6.33 Å². The van der Waals surface area contributed by atoms with E-state index in [1.54, 1.807) is 7.05 Å². The summed E-state index contributed by atoms with van der Waals surface area (Å²) in [7, 11) is 3.08. The predicted octanol–water partition coefficient (Wildman–Crippen LogP) is -0.150. The zero-order valence-electron chi connectivity index (χ0n) is 11.7. The van der Waals surface area contributed by atoms with Gasteiger partial charge in [-0.3, -0.25) is 19.4 Å². The molecule has 9 nitrogen and oxygen atoms in total. The van der Waals surface area contributed by atoms with Crippen molar-refractivity contribution in [3.63, 3.8) is 0 Å². The lowest BCUT2D eigenvalue weighted by Gasteiger charge is -2.12. The number of H-pyrrole nitrogens is 1. The first-order valence-electron chi connectivity index (χ1n) is 6.04. The molecule has 2 heterocycles. The van der Waals surface area contributed by atoms with Crippen molar-refractivity contribution in [1.82, 2.24) is 24.7 Å². The second-order valence-corrected chi connectivity index (χ2v) is 4.85. The minimum absolute atomic E-state index is 0.291. The third-order valence-corrected chi connectivity index (χ3v) is 3.49. The molecule has 0 spiro atoms. The normalized spacial score (nSPS) is 10.4. The molecule has 21 heavy (non-hydrogen) atoms. The first-order chi connectivity index (χ1) is 10.1. The highest BCUT2D eigenvalue weighted by Gasteiger charge is 2.15. The van der Waals surface area contributed by atoms with E-state index in [0.29, 0.717) is 28.3 Å². The summed E-state index contributed by atoms with van der Waals surface area (Å²) in [5.74, 6) is 0.997. The summed E-state index contributed by atoms with van der Waals surface area (Å²) < 4.78 is 6.65. The Kier molecular flexibility index (Phi) is 4.58. The van der Waals surface area contributed by atoms with Crippen molar-refractivity contribution in [2.24, 2.45) is 7.05 Å². The van der Waals surface area contributed by atoms with Gasteiger partial charge in [-0.1, -0.05) is 0 Å². The minimum atomic E-state index is -0.851. The molecule has 2 aromatic rings. The molecule has 2 rings (SSSR count). The fraction of sp³-hybridized carbons (Fsp3) is 0.364. The van der Waals surface area contributed by atoms with E-state index in [-0.39, 0.29) is 0 Å². The number of hydrogen-bond acceptors (Lipinski definition) is 8. The van der Waals surface area contributed by atoms with Crippen LogP contribution in [-0.2, 0) is 7.05 Å². The maximum atomic E-state index is 11.3. The first-order valence-corrected chi connectivity index (χ1v) is 6.86. The average molecular weight is 310 g/mol. The molecule has 0 atom stereocenters. The summed E-state index contributed by atoms with van der Waals surface area (Å²) in [6.07, 6.45) is 1.38. The lowest BCUT2D eigenvalue weighted by molar-refractivity contribution is 0.400. The molecule has 0 aliphatic rings. The molecule has 0 saturated heterocycles. The topological polar surface area (TPSA) is 115 Å². The average Bonchev–Trinajstić information content (AvgIpc) is 2.45. The number of hydrogen-bond donors (Lipinski definition) is 2. The number of anilines is 1. The Bertz CT molecular complexity index is 756. The van der Waals surface area contributed by atoms with E-state index >= 15 is 0 Å². The second kappa shape index (κ2) is 6.39. The lowest BCUT2D eigenvalue weighted by atomic mass is 10.5. The van der Waals surface area contributed by atoms with E-state index in [1.165, 1.54) is 18.1 Å². The van der Waals surface area contributed by atoms with Crippen LogP contribution in [0, 0.1) is 0 Å². The van der Waals surface area contributed by atoms with Crippen molar-refractivity contribution in [2.45, 2.75) is 17.1 Å². The standard InChI is InChI=1S/C11H14N6O3S/c1-4-12-7-6(20-3)10(14-5-13-7)21-11-15-8(18)9(19)16-17(11)2/h5H,4H2,1-3H3,(H,16,19)(H,12,13,14). The fourth-order valence-electron chi connectivity index (χ4n) is 1.55. The number of methoxy groups -OCH3 is 1. The van der Waals surface area contributed by atoms with E-state index < -0.39 is 11.1 Å². The summed E-state index contributed by atoms with van der Waals surface area (Å²) in [5.41, 5.74) is -1.62. The van der Waals surface area contributed by atoms with Crippen LogP contribution in [0.5, 0.6) is 5.75 Å². The smallest absolute Gasteiger partial charge is 0.339 e. The maximum absolute atomic E-state index is 11.3. The molecule has 10 heteroatoms. The van der Waals surface area contributed by atoms with Gasteiger partial charge >= 0.3 is 11.1 Å². The molecule has 112 valence electrons. The van der Waals surface area contributed by atoms with E-state index in [1.807, 2.05) is 6.92 Å². The number of ether oxygens (including phenoxy) is 1. The molecule has 0 radical (unpaired) electrons. The van der Waals surface area contributed by atoms with Crippen LogP contribution in [0.25, 0.3) is 0 Å². The van der Waals surface area contributed by atoms with Crippen LogP contribution in [0.1, 0.15) is 6.92 Å². The molecule has 0 saturated carbocycles. The van der Waals surface area contributed by atoms with Gasteiger partial charge in [0.15, 0.2) is 21.7 Å². The molecule has 0 bridgehead atoms. The van der Waals surface area contributed by atoms with Gasteiger partial charge in [0, 0.05) is 13.6 Å². The van der Waals surface area contributed by atoms with Crippen molar-refractivity contribution in [3.05, 3.63) is 27.0 Å². The van der Waals surface area contributed by atoms with Crippen LogP contribution >= 0.6 is 11.8 Å². The van der Waals surface area contributed by atoms with E-state index in [0.717, 1.165) is 11.8 Å². The van der Waals surface area contributed by atoms with Crippen LogP contribution < -0.4 is 21.2 Å². The lowest BCUT2D eigenvalue weighted by Crippen LogP contribution is -2.33. The van der Waals surface area contributed by atoms with Gasteiger partial charge in [-0.05, 0) is 18.7 Å². The van der Waals surface area contributed by atoms with Crippen LogP contribution in [0.2, 0.25) is 0 Å². The van der Waals surface area contributed by atoms with E-state index in [4.69, 9.17) is 4.74 Å². The van der Waals surface area contributed by atoms with Crippen molar-refractivity contribution in [2.75, 3.05) is 19.0 Å². The molecular weight excluding hydrogens is 296 g/mol. The van der Waals surface area contributed by atoms with Gasteiger partial charge in [-0.2, -0.15) is 4.98 Å². The van der Waals surface area contributed by atoms with Gasteiger partial charge in [-0.15, -0.1) is 0 Å². The zero-order chi connectivity index (χ0) is 15.4. The summed E-state index contributed by atoms with van der Waals surface area (Å²) in [6.45, 7) is 2.61. The van der Waals surface area contributed by atoms with Gasteiger partial charge in [0.25, 0.3) is 0 Å². The SMILES string of the molecule is CCNc1ncnc(Sc2nc(=O)c(=O)[nH]n2C)c1OC. The number of aromatic amines is 1. The molecular formula is C11H14N6O3S. The summed E-state index contributed by atoms with van der Waals surface area (Å²) in [5, 5.41) is 6.20. The third kappa shape index (κ3) is 3.21. The molecule has 0 aliphatic heterocycles. The number of aryl methyl sites for hydroxylation is 1. The van der Waals surface area contributed by atoms with Gasteiger partial charge in [0.05, 0.1) is 7.11 Å². The second-order valence-electron chi connectivity index (χ2n) is 3.89. The van der Waals surface area contributed by atoms with Crippen molar-refractivity contribution in [3.8, 4) is 5.75 Å². The molecule has 0 aromatic carbocycles. The number of rotatable bonds is 5. The summed E-state index contributed by atoms with van der Waals surface area (Å²) in [6, 6.07) is 0. The molecule has 0 unspecified atom stereocenters. The van der Waals surface area contributed by atoms with Crippen molar-refractivity contribution >= 4 is 17.6 Å². The van der Waals surface area contributed by atoms with E-state index in [9.17, 15) is 9.59 Å². The third-order valence-electron chi connectivity index (χ3n) is 2.46. The van der Waals surface area contributed by atoms with Gasteiger partial charge in [0.2, 0.25) is 0 Å². The maximum Gasteiger partial charge on any atom is 0.339 e. The Balaban J connectivity index is 2.44.